The highest BCUT2D eigenvalue weighted by atomic mass is 16.1. The second kappa shape index (κ2) is 4.82. The summed E-state index contributed by atoms with van der Waals surface area (Å²) in [5.74, 6) is 0.0200. The number of benzene rings is 1. The number of fused-ring (bicyclic) bond motifs is 1. The van der Waals surface area contributed by atoms with Gasteiger partial charge in [0.05, 0.1) is 12.0 Å². The van der Waals surface area contributed by atoms with Crippen LogP contribution >= 0.6 is 0 Å². The van der Waals surface area contributed by atoms with E-state index < -0.39 is 0 Å². The lowest BCUT2D eigenvalue weighted by molar-refractivity contribution is -0.111. The maximum atomic E-state index is 11.2. The average molecular weight is 244 g/mol. The van der Waals surface area contributed by atoms with Crippen molar-refractivity contribution in [3.63, 3.8) is 0 Å². The molecule has 96 valence electrons. The van der Waals surface area contributed by atoms with Crippen molar-refractivity contribution in [3.05, 3.63) is 34.9 Å². The fourth-order valence-electron chi connectivity index (χ4n) is 3.15. The molecule has 0 radical (unpaired) electrons. The number of carbonyl (C=O) groups excluding carboxylic acids is 1. The van der Waals surface area contributed by atoms with Gasteiger partial charge in [-0.2, -0.15) is 0 Å². The summed E-state index contributed by atoms with van der Waals surface area (Å²) in [7, 11) is 0. The van der Waals surface area contributed by atoms with Crippen molar-refractivity contribution in [2.45, 2.75) is 44.7 Å². The first-order chi connectivity index (χ1) is 8.79. The number of hydrogen-bond donors (Lipinski definition) is 2. The Labute approximate surface area is 108 Å². The van der Waals surface area contributed by atoms with Gasteiger partial charge in [0.2, 0.25) is 0 Å². The first kappa shape index (κ1) is 11.9. The quantitative estimate of drug-likeness (QED) is 0.781. The Morgan fingerprint density at radius 2 is 1.94 bits per heavy atom. The molecule has 0 saturated carbocycles. The predicted molar refractivity (Wildman–Crippen MR) is 71.1 cm³/mol. The number of aldehydes is 1. The zero-order valence-corrected chi connectivity index (χ0v) is 10.8. The number of aryl methyl sites for hydroxylation is 2. The van der Waals surface area contributed by atoms with E-state index in [2.05, 4.69) is 29.1 Å². The van der Waals surface area contributed by atoms with E-state index in [0.717, 1.165) is 6.29 Å². The molecule has 18 heavy (non-hydrogen) atoms. The van der Waals surface area contributed by atoms with E-state index in [4.69, 9.17) is 0 Å². The summed E-state index contributed by atoms with van der Waals surface area (Å²) in [6, 6.07) is 7.03. The van der Waals surface area contributed by atoms with E-state index in [1.54, 1.807) is 0 Å². The molecule has 1 aromatic rings. The van der Waals surface area contributed by atoms with Crippen molar-refractivity contribution in [1.82, 2.24) is 10.9 Å². The molecule has 0 aromatic heterocycles. The Morgan fingerprint density at radius 3 is 2.72 bits per heavy atom. The number of hydrogen-bond acceptors (Lipinski definition) is 3. The van der Waals surface area contributed by atoms with Gasteiger partial charge in [-0.1, -0.05) is 18.2 Å². The van der Waals surface area contributed by atoms with Crippen molar-refractivity contribution in [1.29, 1.82) is 0 Å². The van der Waals surface area contributed by atoms with Crippen LogP contribution in [-0.4, -0.2) is 12.3 Å². The number of carbonyl (C=O) groups is 1. The summed E-state index contributed by atoms with van der Waals surface area (Å²) in [6.07, 6.45) is 6.07. The van der Waals surface area contributed by atoms with E-state index in [-0.39, 0.29) is 18.0 Å². The Kier molecular flexibility index (Phi) is 3.18. The molecule has 1 fully saturated rings. The van der Waals surface area contributed by atoms with E-state index in [9.17, 15) is 4.79 Å². The summed E-state index contributed by atoms with van der Waals surface area (Å²) in [6.45, 7) is 2.05. The third-order valence-corrected chi connectivity index (χ3v) is 4.32. The molecule has 2 aliphatic rings. The second-order valence-electron chi connectivity index (χ2n) is 5.50. The minimum atomic E-state index is 0.0200. The van der Waals surface area contributed by atoms with Crippen LogP contribution in [0.4, 0.5) is 0 Å². The van der Waals surface area contributed by atoms with Crippen LogP contribution in [0.25, 0.3) is 0 Å². The normalized spacial score (nSPS) is 31.1. The maximum Gasteiger partial charge on any atom is 0.126 e. The second-order valence-corrected chi connectivity index (χ2v) is 5.50. The van der Waals surface area contributed by atoms with Gasteiger partial charge in [0.15, 0.2) is 0 Å². The Bertz CT molecular complexity index is 458. The zero-order chi connectivity index (χ0) is 12.5. The molecular weight excluding hydrogens is 224 g/mol. The fraction of sp³-hybridized carbons (Fsp3) is 0.533. The molecule has 0 amide bonds. The van der Waals surface area contributed by atoms with Crippen LogP contribution in [0, 0.1) is 5.92 Å². The Hall–Kier alpha value is -1.19. The Morgan fingerprint density at radius 1 is 1.17 bits per heavy atom. The molecule has 3 nitrogen and oxygen atoms in total. The summed E-state index contributed by atoms with van der Waals surface area (Å²) >= 11 is 0. The summed E-state index contributed by atoms with van der Waals surface area (Å²) in [5, 5.41) is 0. The van der Waals surface area contributed by atoms with Crippen molar-refractivity contribution in [2.75, 3.05) is 0 Å². The van der Waals surface area contributed by atoms with Gasteiger partial charge >= 0.3 is 0 Å². The monoisotopic (exact) mass is 244 g/mol. The third kappa shape index (κ3) is 1.98. The smallest absolute Gasteiger partial charge is 0.126 e. The number of hydrazine groups is 1. The molecule has 3 heteroatoms. The van der Waals surface area contributed by atoms with Crippen LogP contribution in [0.1, 0.15) is 42.5 Å². The molecule has 1 aromatic carbocycles. The molecule has 3 atom stereocenters. The van der Waals surface area contributed by atoms with Gasteiger partial charge in [-0.15, -0.1) is 0 Å². The molecular formula is C15H20N2O. The lowest BCUT2D eigenvalue weighted by Crippen LogP contribution is -2.29. The minimum Gasteiger partial charge on any atom is -0.303 e. The SMILES string of the molecule is CC1NNC(c2ccc3c(c2)CCCC3)C1C=O. The van der Waals surface area contributed by atoms with E-state index >= 15 is 0 Å². The summed E-state index contributed by atoms with van der Waals surface area (Å²) < 4.78 is 0. The maximum absolute atomic E-state index is 11.2. The van der Waals surface area contributed by atoms with Gasteiger partial charge in [-0.3, -0.25) is 5.43 Å². The lowest BCUT2D eigenvalue weighted by Gasteiger charge is -2.20. The molecule has 3 rings (SSSR count). The van der Waals surface area contributed by atoms with E-state index in [0.29, 0.717) is 0 Å². The van der Waals surface area contributed by atoms with Crippen LogP contribution in [0.15, 0.2) is 18.2 Å². The highest BCUT2D eigenvalue weighted by Crippen LogP contribution is 2.30. The van der Waals surface area contributed by atoms with Gasteiger partial charge in [-0.25, -0.2) is 5.43 Å². The summed E-state index contributed by atoms with van der Waals surface area (Å²) in [5.41, 5.74) is 10.6. The molecule has 3 unspecified atom stereocenters. The highest BCUT2D eigenvalue weighted by molar-refractivity contribution is 5.58. The van der Waals surface area contributed by atoms with Gasteiger partial charge in [0.1, 0.15) is 6.29 Å². The molecule has 0 bridgehead atoms. The van der Waals surface area contributed by atoms with Crippen molar-refractivity contribution in [2.24, 2.45) is 5.92 Å². The third-order valence-electron chi connectivity index (χ3n) is 4.32. The largest absolute Gasteiger partial charge is 0.303 e. The van der Waals surface area contributed by atoms with Crippen LogP contribution in [0.3, 0.4) is 0 Å². The number of nitrogens with one attached hydrogen (secondary N) is 2. The van der Waals surface area contributed by atoms with Gasteiger partial charge in [-0.05, 0) is 49.3 Å². The molecule has 1 saturated heterocycles. The van der Waals surface area contributed by atoms with E-state index in [1.165, 1.54) is 42.4 Å². The molecule has 1 aliphatic heterocycles. The van der Waals surface area contributed by atoms with Gasteiger partial charge in [0.25, 0.3) is 0 Å². The van der Waals surface area contributed by atoms with Crippen LogP contribution in [-0.2, 0) is 17.6 Å². The first-order valence-electron chi connectivity index (χ1n) is 6.87. The fourth-order valence-corrected chi connectivity index (χ4v) is 3.15. The predicted octanol–water partition coefficient (Wildman–Crippen LogP) is 1.92. The molecule has 1 aliphatic carbocycles. The van der Waals surface area contributed by atoms with Crippen molar-refractivity contribution >= 4 is 6.29 Å². The minimum absolute atomic E-state index is 0.0200. The Balaban J connectivity index is 1.90. The lowest BCUT2D eigenvalue weighted by atomic mass is 9.86. The molecule has 2 N–H and O–H groups in total. The molecule has 0 spiro atoms. The van der Waals surface area contributed by atoms with Gasteiger partial charge in [0, 0.05) is 6.04 Å². The zero-order valence-electron chi connectivity index (χ0n) is 10.8. The van der Waals surface area contributed by atoms with Crippen molar-refractivity contribution < 1.29 is 4.79 Å². The van der Waals surface area contributed by atoms with Crippen LogP contribution in [0.5, 0.6) is 0 Å². The summed E-state index contributed by atoms with van der Waals surface area (Å²) in [4.78, 5) is 11.2. The highest BCUT2D eigenvalue weighted by Gasteiger charge is 2.33. The van der Waals surface area contributed by atoms with Gasteiger partial charge < -0.3 is 4.79 Å². The first-order valence-corrected chi connectivity index (χ1v) is 6.87. The van der Waals surface area contributed by atoms with Crippen LogP contribution < -0.4 is 10.9 Å². The standard InChI is InChI=1S/C15H20N2O/c1-10-14(9-18)15(17-16-10)13-7-6-11-4-2-3-5-12(11)8-13/h6-10,14-17H,2-5H2,1H3. The van der Waals surface area contributed by atoms with E-state index in [1.807, 2.05) is 6.92 Å². The average Bonchev–Trinajstić information content (AvgIpc) is 2.79. The topological polar surface area (TPSA) is 41.1 Å². The molecule has 1 heterocycles. The number of rotatable bonds is 2. The van der Waals surface area contributed by atoms with Crippen LogP contribution in [0.2, 0.25) is 0 Å². The van der Waals surface area contributed by atoms with Crippen molar-refractivity contribution in [3.8, 4) is 0 Å².